The minimum atomic E-state index is -3.46. The minimum Gasteiger partial charge on any atom is -0.497 e. The quantitative estimate of drug-likeness (QED) is 0.771. The highest BCUT2D eigenvalue weighted by Gasteiger charge is 2.59. The molecule has 1 aromatic carbocycles. The summed E-state index contributed by atoms with van der Waals surface area (Å²) in [6.07, 6.45) is 1.23. The first-order valence-corrected chi connectivity index (χ1v) is 10.1. The molecule has 2 saturated heterocycles. The van der Waals surface area contributed by atoms with Gasteiger partial charge in [-0.1, -0.05) is 12.1 Å². The first kappa shape index (κ1) is 18.7. The Bertz CT molecular complexity index is 839. The van der Waals surface area contributed by atoms with E-state index in [2.05, 4.69) is 0 Å². The Kier molecular flexibility index (Phi) is 4.70. The predicted molar refractivity (Wildman–Crippen MR) is 93.3 cm³/mol. The van der Waals surface area contributed by atoms with E-state index in [0.717, 1.165) is 11.8 Å². The van der Waals surface area contributed by atoms with Crippen molar-refractivity contribution in [2.24, 2.45) is 11.3 Å². The number of carbonyl (C=O) groups is 2. The number of carboxylic acids is 1. The molecule has 1 aromatic rings. The zero-order chi connectivity index (χ0) is 19.1. The predicted octanol–water partition coefficient (Wildman–Crippen LogP) is 0.0423. The van der Waals surface area contributed by atoms with Gasteiger partial charge < -0.3 is 14.7 Å². The van der Waals surface area contributed by atoms with E-state index in [4.69, 9.17) is 4.74 Å². The summed E-state index contributed by atoms with van der Waals surface area (Å²) in [4.78, 5) is 26.1. The van der Waals surface area contributed by atoms with Crippen molar-refractivity contribution in [3.63, 3.8) is 0 Å². The van der Waals surface area contributed by atoms with Crippen molar-refractivity contribution in [1.29, 1.82) is 0 Å². The molecule has 0 spiro atoms. The van der Waals surface area contributed by atoms with Crippen LogP contribution < -0.4 is 4.74 Å². The number of carbonyl (C=O) groups excluding carboxylic acids is 1. The highest BCUT2D eigenvalue weighted by atomic mass is 32.2. The lowest BCUT2D eigenvalue weighted by atomic mass is 9.81. The van der Waals surface area contributed by atoms with Gasteiger partial charge in [0.25, 0.3) is 0 Å². The Hall–Kier alpha value is -2.13. The van der Waals surface area contributed by atoms with Crippen LogP contribution in [0.2, 0.25) is 0 Å². The second kappa shape index (κ2) is 6.55. The summed E-state index contributed by atoms with van der Waals surface area (Å²) in [5.74, 6) is -0.965. The third kappa shape index (κ3) is 3.28. The van der Waals surface area contributed by atoms with Crippen molar-refractivity contribution >= 4 is 21.9 Å². The molecule has 1 N–H and O–H groups in total. The van der Waals surface area contributed by atoms with E-state index in [-0.39, 0.29) is 38.5 Å². The van der Waals surface area contributed by atoms with E-state index in [9.17, 15) is 23.1 Å². The lowest BCUT2D eigenvalue weighted by molar-refractivity contribution is -0.148. The standard InChI is InChI=1S/C17H22N2O6S/c1-25-14-5-3-4-12(6-14)7-15(20)18-8-13-9-19(26(2,23)24)11-17(13,10-18)16(21)22/h3-6,13H,7-11H2,1-2H3,(H,21,22)/t13-,17-/m1/s1. The number of sulfonamides is 1. The summed E-state index contributed by atoms with van der Waals surface area (Å²) in [5, 5.41) is 9.74. The fourth-order valence-electron chi connectivity index (χ4n) is 3.83. The van der Waals surface area contributed by atoms with Crippen LogP contribution in [0.1, 0.15) is 5.56 Å². The number of amides is 1. The van der Waals surface area contributed by atoms with Crippen molar-refractivity contribution in [3.05, 3.63) is 29.8 Å². The molecule has 2 aliphatic heterocycles. The molecule has 0 radical (unpaired) electrons. The van der Waals surface area contributed by atoms with Gasteiger partial charge in [-0.25, -0.2) is 12.7 Å². The Balaban J connectivity index is 1.75. The number of hydrogen-bond donors (Lipinski definition) is 1. The van der Waals surface area contributed by atoms with Crippen LogP contribution in [0.3, 0.4) is 0 Å². The fourth-order valence-corrected chi connectivity index (χ4v) is 4.75. The van der Waals surface area contributed by atoms with Crippen LogP contribution in [0.5, 0.6) is 5.75 Å². The Morgan fingerprint density at radius 2 is 2.04 bits per heavy atom. The Morgan fingerprint density at radius 1 is 1.31 bits per heavy atom. The maximum absolute atomic E-state index is 12.6. The molecule has 1 amide bonds. The molecule has 0 saturated carbocycles. The number of likely N-dealkylation sites (tertiary alicyclic amines) is 1. The van der Waals surface area contributed by atoms with Crippen LogP contribution >= 0.6 is 0 Å². The van der Waals surface area contributed by atoms with E-state index in [1.54, 1.807) is 25.3 Å². The van der Waals surface area contributed by atoms with E-state index in [1.807, 2.05) is 6.07 Å². The molecule has 2 aliphatic rings. The average Bonchev–Trinajstić information content (AvgIpc) is 3.10. The van der Waals surface area contributed by atoms with Gasteiger partial charge >= 0.3 is 5.97 Å². The van der Waals surface area contributed by atoms with Crippen molar-refractivity contribution in [3.8, 4) is 5.75 Å². The number of methoxy groups -OCH3 is 1. The monoisotopic (exact) mass is 382 g/mol. The van der Waals surface area contributed by atoms with Crippen LogP contribution in [-0.2, 0) is 26.0 Å². The molecule has 26 heavy (non-hydrogen) atoms. The molecule has 0 unspecified atom stereocenters. The van der Waals surface area contributed by atoms with Gasteiger partial charge in [0.05, 0.1) is 19.8 Å². The number of aliphatic carboxylic acids is 1. The Morgan fingerprint density at radius 3 is 2.62 bits per heavy atom. The van der Waals surface area contributed by atoms with Crippen molar-refractivity contribution in [2.75, 3.05) is 39.5 Å². The summed E-state index contributed by atoms with van der Waals surface area (Å²) >= 11 is 0. The van der Waals surface area contributed by atoms with Crippen molar-refractivity contribution in [1.82, 2.24) is 9.21 Å². The summed E-state index contributed by atoms with van der Waals surface area (Å²) < 4.78 is 29.9. The normalized spacial score (nSPS) is 25.9. The summed E-state index contributed by atoms with van der Waals surface area (Å²) in [6.45, 7) is 0.325. The highest BCUT2D eigenvalue weighted by molar-refractivity contribution is 7.88. The van der Waals surface area contributed by atoms with E-state index in [0.29, 0.717) is 5.75 Å². The van der Waals surface area contributed by atoms with Crippen LogP contribution in [0.15, 0.2) is 24.3 Å². The average molecular weight is 382 g/mol. The van der Waals surface area contributed by atoms with Gasteiger partial charge in [-0.05, 0) is 17.7 Å². The SMILES string of the molecule is COc1cccc(CC(=O)N2C[C@@H]3CN(S(C)(=O)=O)C[C@]3(C(=O)O)C2)c1. The molecular formula is C17H22N2O6S. The molecule has 2 heterocycles. The van der Waals surface area contributed by atoms with Crippen LogP contribution in [-0.4, -0.2) is 74.2 Å². The maximum Gasteiger partial charge on any atom is 0.313 e. The van der Waals surface area contributed by atoms with Gasteiger partial charge in [0, 0.05) is 32.1 Å². The molecule has 3 rings (SSSR count). The number of hydrogen-bond acceptors (Lipinski definition) is 5. The first-order valence-electron chi connectivity index (χ1n) is 8.25. The molecule has 0 bridgehead atoms. The molecule has 2 fully saturated rings. The van der Waals surface area contributed by atoms with E-state index >= 15 is 0 Å². The lowest BCUT2D eigenvalue weighted by Gasteiger charge is -2.24. The summed E-state index contributed by atoms with van der Waals surface area (Å²) in [7, 11) is -1.91. The molecule has 8 nitrogen and oxygen atoms in total. The van der Waals surface area contributed by atoms with Crippen LogP contribution in [0.4, 0.5) is 0 Å². The zero-order valence-corrected chi connectivity index (χ0v) is 15.5. The molecule has 9 heteroatoms. The second-order valence-electron chi connectivity index (χ2n) is 7.02. The number of benzene rings is 1. The number of carboxylic acid groups (broad SMARTS) is 1. The van der Waals surface area contributed by atoms with Gasteiger partial charge in [0.1, 0.15) is 11.2 Å². The van der Waals surface area contributed by atoms with Gasteiger partial charge in [0.2, 0.25) is 15.9 Å². The van der Waals surface area contributed by atoms with E-state index < -0.39 is 27.3 Å². The summed E-state index contributed by atoms with van der Waals surface area (Å²) in [6, 6.07) is 7.17. The third-order valence-corrected chi connectivity index (χ3v) is 6.53. The van der Waals surface area contributed by atoms with Gasteiger partial charge in [-0.3, -0.25) is 9.59 Å². The lowest BCUT2D eigenvalue weighted by Crippen LogP contribution is -2.43. The Labute approximate surface area is 152 Å². The topological polar surface area (TPSA) is 104 Å². The van der Waals surface area contributed by atoms with Gasteiger partial charge in [-0.15, -0.1) is 0 Å². The number of fused-ring (bicyclic) bond motifs is 1. The largest absolute Gasteiger partial charge is 0.497 e. The van der Waals surface area contributed by atoms with Crippen LogP contribution in [0.25, 0.3) is 0 Å². The highest BCUT2D eigenvalue weighted by Crippen LogP contribution is 2.43. The van der Waals surface area contributed by atoms with E-state index in [1.165, 1.54) is 9.21 Å². The van der Waals surface area contributed by atoms with Crippen molar-refractivity contribution < 1.29 is 27.9 Å². The van der Waals surface area contributed by atoms with Crippen LogP contribution in [0, 0.1) is 11.3 Å². The number of nitrogens with zero attached hydrogens (tertiary/aromatic N) is 2. The van der Waals surface area contributed by atoms with Crippen molar-refractivity contribution in [2.45, 2.75) is 6.42 Å². The minimum absolute atomic E-state index is 0.0296. The maximum atomic E-state index is 12.6. The molecule has 142 valence electrons. The molecule has 2 atom stereocenters. The fraction of sp³-hybridized carbons (Fsp3) is 0.529. The zero-order valence-electron chi connectivity index (χ0n) is 14.7. The van der Waals surface area contributed by atoms with Gasteiger partial charge in [-0.2, -0.15) is 0 Å². The second-order valence-corrected chi connectivity index (χ2v) is 9.00. The number of rotatable bonds is 5. The smallest absolute Gasteiger partial charge is 0.313 e. The number of ether oxygens (including phenoxy) is 1. The van der Waals surface area contributed by atoms with Gasteiger partial charge in [0.15, 0.2) is 0 Å². The third-order valence-electron chi connectivity index (χ3n) is 5.31. The first-order chi connectivity index (χ1) is 12.2. The molecule has 0 aromatic heterocycles. The molecule has 0 aliphatic carbocycles. The molecular weight excluding hydrogens is 360 g/mol. The summed E-state index contributed by atoms with van der Waals surface area (Å²) in [5.41, 5.74) is -0.443.